The molecule has 6 nitrogen and oxygen atoms in total. The topological polar surface area (TPSA) is 101 Å². The van der Waals surface area contributed by atoms with Gasteiger partial charge in [0.05, 0.1) is 18.4 Å². The van der Waals surface area contributed by atoms with E-state index in [1.54, 1.807) is 0 Å². The number of rotatable bonds is 8. The normalized spacial score (nSPS) is 13.4. The van der Waals surface area contributed by atoms with Crippen LogP contribution < -0.4 is 5.73 Å². The van der Waals surface area contributed by atoms with Crippen molar-refractivity contribution in [3.63, 3.8) is 0 Å². The molecule has 0 saturated heterocycles. The maximum absolute atomic E-state index is 11.8. The molecule has 102 valence electrons. The van der Waals surface area contributed by atoms with Crippen molar-refractivity contribution >= 4 is 15.7 Å². The van der Waals surface area contributed by atoms with E-state index in [0.717, 1.165) is 12.7 Å². The van der Waals surface area contributed by atoms with Gasteiger partial charge in [0.2, 0.25) is 5.91 Å². The molecule has 0 aromatic heterocycles. The van der Waals surface area contributed by atoms with Gasteiger partial charge in [0.15, 0.2) is 0 Å². The monoisotopic (exact) mass is 266 g/mol. The molecule has 0 aliphatic carbocycles. The fourth-order valence-corrected chi connectivity index (χ4v) is 2.10. The summed E-state index contributed by atoms with van der Waals surface area (Å²) in [6.07, 6.45) is 2.00. The highest BCUT2D eigenvalue weighted by molar-refractivity contribution is 7.90. The van der Waals surface area contributed by atoms with Crippen molar-refractivity contribution in [3.8, 4) is 0 Å². The minimum absolute atomic E-state index is 0.0982. The number of amides is 1. The van der Waals surface area contributed by atoms with E-state index in [1.807, 2.05) is 6.92 Å². The Kier molecular flexibility index (Phi) is 7.33. The molecule has 0 heterocycles. The number of carbonyl (C=O) groups excluding carboxylic acids is 1. The third kappa shape index (κ3) is 7.30. The summed E-state index contributed by atoms with van der Waals surface area (Å²) in [6.45, 7) is 2.55. The van der Waals surface area contributed by atoms with Gasteiger partial charge in [-0.2, -0.15) is 0 Å². The number of carbonyl (C=O) groups is 1. The van der Waals surface area contributed by atoms with Crippen molar-refractivity contribution in [1.82, 2.24) is 4.90 Å². The van der Waals surface area contributed by atoms with Crippen LogP contribution in [-0.2, 0) is 14.6 Å². The van der Waals surface area contributed by atoms with Crippen LogP contribution >= 0.6 is 0 Å². The first-order valence-electron chi connectivity index (χ1n) is 5.64. The SMILES string of the molecule is CCCN(CCO)C(=O)C(N)CCS(C)(=O)=O. The van der Waals surface area contributed by atoms with Crippen LogP contribution in [-0.4, -0.2) is 62.1 Å². The summed E-state index contributed by atoms with van der Waals surface area (Å²) in [4.78, 5) is 13.3. The van der Waals surface area contributed by atoms with Crippen LogP contribution in [0.15, 0.2) is 0 Å². The first-order valence-corrected chi connectivity index (χ1v) is 7.70. The van der Waals surface area contributed by atoms with Crippen molar-refractivity contribution in [2.45, 2.75) is 25.8 Å². The summed E-state index contributed by atoms with van der Waals surface area (Å²) in [6, 6.07) is -0.817. The maximum Gasteiger partial charge on any atom is 0.239 e. The second-order valence-corrected chi connectivity index (χ2v) is 6.33. The van der Waals surface area contributed by atoms with E-state index in [4.69, 9.17) is 10.8 Å². The molecule has 0 saturated carbocycles. The molecule has 0 radical (unpaired) electrons. The number of hydrogen-bond acceptors (Lipinski definition) is 5. The molecule has 1 unspecified atom stereocenters. The van der Waals surface area contributed by atoms with Crippen LogP contribution in [0.5, 0.6) is 0 Å². The molecule has 0 aliphatic rings. The van der Waals surface area contributed by atoms with Crippen molar-refractivity contribution in [1.29, 1.82) is 0 Å². The van der Waals surface area contributed by atoms with Crippen LogP contribution in [0.3, 0.4) is 0 Å². The van der Waals surface area contributed by atoms with Crippen LogP contribution in [0.4, 0.5) is 0 Å². The van der Waals surface area contributed by atoms with Gasteiger partial charge in [0, 0.05) is 19.3 Å². The number of hydrogen-bond donors (Lipinski definition) is 2. The molecule has 1 amide bonds. The predicted molar refractivity (Wildman–Crippen MR) is 66.3 cm³/mol. The summed E-state index contributed by atoms with van der Waals surface area (Å²) in [5.41, 5.74) is 5.65. The first kappa shape index (κ1) is 16.3. The molecule has 0 fully saturated rings. The highest BCUT2D eigenvalue weighted by Gasteiger charge is 2.21. The molecule has 17 heavy (non-hydrogen) atoms. The number of nitrogens with zero attached hydrogens (tertiary/aromatic N) is 1. The fraction of sp³-hybridized carbons (Fsp3) is 0.900. The Morgan fingerprint density at radius 1 is 1.41 bits per heavy atom. The Morgan fingerprint density at radius 3 is 2.41 bits per heavy atom. The van der Waals surface area contributed by atoms with Gasteiger partial charge in [-0.3, -0.25) is 4.79 Å². The standard InChI is InChI=1S/C10H22N2O4S/c1-3-5-12(6-7-13)10(14)9(11)4-8-17(2,15)16/h9,13H,3-8,11H2,1-2H3. The molecule has 0 rings (SSSR count). The molecule has 0 spiro atoms. The van der Waals surface area contributed by atoms with Crippen molar-refractivity contribution in [2.75, 3.05) is 31.7 Å². The van der Waals surface area contributed by atoms with E-state index >= 15 is 0 Å². The lowest BCUT2D eigenvalue weighted by molar-refractivity contribution is -0.133. The van der Waals surface area contributed by atoms with E-state index in [-0.39, 0.29) is 31.2 Å². The molecule has 3 N–H and O–H groups in total. The summed E-state index contributed by atoms with van der Waals surface area (Å²) < 4.78 is 21.9. The largest absolute Gasteiger partial charge is 0.395 e. The van der Waals surface area contributed by atoms with Gasteiger partial charge in [-0.1, -0.05) is 6.92 Å². The minimum atomic E-state index is -3.10. The van der Waals surface area contributed by atoms with Gasteiger partial charge in [-0.15, -0.1) is 0 Å². The smallest absolute Gasteiger partial charge is 0.239 e. The quantitative estimate of drug-likeness (QED) is 0.585. The van der Waals surface area contributed by atoms with E-state index < -0.39 is 15.9 Å². The first-order chi connectivity index (χ1) is 7.81. The Hall–Kier alpha value is -0.660. The van der Waals surface area contributed by atoms with Crippen LogP contribution in [0.2, 0.25) is 0 Å². The van der Waals surface area contributed by atoms with Gasteiger partial charge < -0.3 is 15.7 Å². The molecule has 0 aromatic carbocycles. The Bertz CT molecular complexity index is 323. The predicted octanol–water partition coefficient (Wildman–Crippen LogP) is -1.02. The summed E-state index contributed by atoms with van der Waals surface area (Å²) >= 11 is 0. The molecule has 7 heteroatoms. The lowest BCUT2D eigenvalue weighted by atomic mass is 10.2. The molecular formula is C10H22N2O4S. The number of aliphatic hydroxyl groups is 1. The fourth-order valence-electron chi connectivity index (χ4n) is 1.42. The van der Waals surface area contributed by atoms with Gasteiger partial charge in [0.25, 0.3) is 0 Å². The van der Waals surface area contributed by atoms with Crippen LogP contribution in [0.25, 0.3) is 0 Å². The average molecular weight is 266 g/mol. The maximum atomic E-state index is 11.8. The summed E-state index contributed by atoms with van der Waals surface area (Å²) in [5.74, 6) is -0.400. The van der Waals surface area contributed by atoms with Crippen molar-refractivity contribution in [3.05, 3.63) is 0 Å². The van der Waals surface area contributed by atoms with E-state index in [1.165, 1.54) is 4.90 Å². The van der Waals surface area contributed by atoms with Gasteiger partial charge in [-0.25, -0.2) is 8.42 Å². The number of nitrogens with two attached hydrogens (primary N) is 1. The molecular weight excluding hydrogens is 244 g/mol. The highest BCUT2D eigenvalue weighted by Crippen LogP contribution is 2.01. The number of sulfone groups is 1. The molecule has 0 aromatic rings. The molecule has 0 bridgehead atoms. The van der Waals surface area contributed by atoms with E-state index in [2.05, 4.69) is 0 Å². The summed E-state index contributed by atoms with van der Waals surface area (Å²) in [5, 5.41) is 8.82. The highest BCUT2D eigenvalue weighted by atomic mass is 32.2. The zero-order chi connectivity index (χ0) is 13.5. The molecule has 1 atom stereocenters. The second-order valence-electron chi connectivity index (χ2n) is 4.07. The third-order valence-electron chi connectivity index (χ3n) is 2.29. The second kappa shape index (κ2) is 7.62. The zero-order valence-corrected chi connectivity index (χ0v) is 11.2. The van der Waals surface area contributed by atoms with Gasteiger partial charge >= 0.3 is 0 Å². The van der Waals surface area contributed by atoms with E-state index in [9.17, 15) is 13.2 Å². The van der Waals surface area contributed by atoms with Crippen LogP contribution in [0.1, 0.15) is 19.8 Å². The Labute approximate surface area is 103 Å². The summed E-state index contributed by atoms with van der Waals surface area (Å²) in [7, 11) is -3.10. The minimum Gasteiger partial charge on any atom is -0.395 e. The lowest BCUT2D eigenvalue weighted by Crippen LogP contribution is -2.45. The zero-order valence-electron chi connectivity index (χ0n) is 10.4. The third-order valence-corrected chi connectivity index (χ3v) is 3.27. The molecule has 0 aliphatic heterocycles. The van der Waals surface area contributed by atoms with Crippen molar-refractivity contribution < 1.29 is 18.3 Å². The van der Waals surface area contributed by atoms with Crippen LogP contribution in [0, 0.1) is 0 Å². The average Bonchev–Trinajstić information content (AvgIpc) is 2.23. The Balaban J connectivity index is 4.34. The Morgan fingerprint density at radius 2 is 2.00 bits per heavy atom. The van der Waals surface area contributed by atoms with E-state index in [0.29, 0.717) is 6.54 Å². The number of aliphatic hydroxyl groups excluding tert-OH is 1. The van der Waals surface area contributed by atoms with Crippen molar-refractivity contribution in [2.24, 2.45) is 5.73 Å². The van der Waals surface area contributed by atoms with Gasteiger partial charge in [-0.05, 0) is 12.8 Å². The van der Waals surface area contributed by atoms with Gasteiger partial charge in [0.1, 0.15) is 9.84 Å². The lowest BCUT2D eigenvalue weighted by Gasteiger charge is -2.24.